The largest absolute Gasteiger partial charge is 0.366 e. The van der Waals surface area contributed by atoms with E-state index in [2.05, 4.69) is 0 Å². The van der Waals surface area contributed by atoms with E-state index in [1.54, 1.807) is 0 Å². The van der Waals surface area contributed by atoms with Crippen LogP contribution in [0.4, 0.5) is 0 Å². The lowest BCUT2D eigenvalue weighted by Gasteiger charge is -2.03. The van der Waals surface area contributed by atoms with Crippen LogP contribution in [0.25, 0.3) is 0 Å². The first-order chi connectivity index (χ1) is 5.09. The predicted octanol–water partition coefficient (Wildman–Crippen LogP) is 0.969. The fourth-order valence-electron chi connectivity index (χ4n) is 0.898. The number of carbonyl (C=O) groups is 1. The summed E-state index contributed by atoms with van der Waals surface area (Å²) in [4.78, 5) is 10.8. The number of carbonyl (C=O) groups excluding carboxylic acids is 1. The Labute approximate surface area is 79.6 Å². The number of hydrogen-bond donors (Lipinski definition) is 2. The molecule has 0 saturated heterocycles. The van der Waals surface area contributed by atoms with Crippen LogP contribution < -0.4 is 11.5 Å². The van der Waals surface area contributed by atoms with Crippen LogP contribution in [0.3, 0.4) is 0 Å². The van der Waals surface area contributed by atoms with Crippen molar-refractivity contribution in [2.24, 2.45) is 11.5 Å². The molecule has 0 radical (unpaired) electrons. The minimum atomic E-state index is -0.321. The Bertz CT molecular complexity index is 174. The number of nitrogens with two attached hydrogens (primary N) is 2. The normalized spacial score (nSPS) is 8.58. The van der Waals surface area contributed by atoms with Crippen molar-refractivity contribution in [1.29, 1.82) is 0 Å². The molecule has 0 aliphatic rings. The zero-order chi connectivity index (χ0) is 8.85. The van der Waals surface area contributed by atoms with Gasteiger partial charge in [-0.25, -0.2) is 0 Å². The molecule has 0 saturated carbocycles. The molecule has 0 spiro atoms. The summed E-state index contributed by atoms with van der Waals surface area (Å²) in [6.07, 6.45) is 1.53. The molecular weight excluding hydrogens is 176 g/mol. The quantitative estimate of drug-likeness (QED) is 0.652. The molecule has 1 amide bonds. The maximum Gasteiger partial charge on any atom is 0.244 e. The van der Waals surface area contributed by atoms with Gasteiger partial charge in [0.05, 0.1) is 0 Å². The van der Waals surface area contributed by atoms with Gasteiger partial charge in [-0.2, -0.15) is 0 Å². The highest BCUT2D eigenvalue weighted by Gasteiger charge is 2.04. The summed E-state index contributed by atoms with van der Waals surface area (Å²) in [7, 11) is 0. The van der Waals surface area contributed by atoms with Gasteiger partial charge >= 0.3 is 0 Å². The van der Waals surface area contributed by atoms with Gasteiger partial charge in [0.1, 0.15) is 0 Å². The molecule has 0 fully saturated rings. The summed E-state index contributed by atoms with van der Waals surface area (Å²) < 4.78 is 0. The molecule has 0 aromatic rings. The standard InChI is InChI=1S/C8H16N2O.ClH/c1-6(2)7(8(10)11)4-3-5-9;/h3-5,9H2,1-2H3,(H2,10,11);1H. The topological polar surface area (TPSA) is 69.1 Å². The molecular formula is C8H17ClN2O. The average Bonchev–Trinajstić information content (AvgIpc) is 1.87. The third-order valence-electron chi connectivity index (χ3n) is 1.53. The summed E-state index contributed by atoms with van der Waals surface area (Å²) in [5, 5.41) is 0. The second-order valence-electron chi connectivity index (χ2n) is 2.74. The fraction of sp³-hybridized carbons (Fsp3) is 0.625. The van der Waals surface area contributed by atoms with E-state index in [4.69, 9.17) is 11.5 Å². The SMILES string of the molecule is CC(C)=C(CCCN)C(N)=O.Cl. The molecule has 3 nitrogen and oxygen atoms in total. The first kappa shape index (κ1) is 14.0. The summed E-state index contributed by atoms with van der Waals surface area (Å²) in [6, 6.07) is 0. The molecule has 4 N–H and O–H groups in total. The van der Waals surface area contributed by atoms with E-state index in [1.807, 2.05) is 13.8 Å². The van der Waals surface area contributed by atoms with Crippen LogP contribution in [0.15, 0.2) is 11.1 Å². The van der Waals surface area contributed by atoms with Crippen molar-refractivity contribution < 1.29 is 4.79 Å². The minimum absolute atomic E-state index is 0. The molecule has 72 valence electrons. The second-order valence-corrected chi connectivity index (χ2v) is 2.74. The van der Waals surface area contributed by atoms with Crippen LogP contribution in [0, 0.1) is 0 Å². The van der Waals surface area contributed by atoms with Crippen molar-refractivity contribution in [3.05, 3.63) is 11.1 Å². The smallest absolute Gasteiger partial charge is 0.244 e. The van der Waals surface area contributed by atoms with Gasteiger partial charge in [0.25, 0.3) is 0 Å². The molecule has 0 unspecified atom stereocenters. The zero-order valence-electron chi connectivity index (χ0n) is 7.59. The van der Waals surface area contributed by atoms with Crippen LogP contribution in [0.5, 0.6) is 0 Å². The van der Waals surface area contributed by atoms with Crippen LogP contribution in [-0.4, -0.2) is 12.5 Å². The Hall–Kier alpha value is -0.540. The van der Waals surface area contributed by atoms with Crippen molar-refractivity contribution in [1.82, 2.24) is 0 Å². The van der Waals surface area contributed by atoms with Gasteiger partial charge in [-0.15, -0.1) is 12.4 Å². The van der Waals surface area contributed by atoms with E-state index >= 15 is 0 Å². The third-order valence-corrected chi connectivity index (χ3v) is 1.53. The number of primary amides is 1. The first-order valence-corrected chi connectivity index (χ1v) is 3.75. The van der Waals surface area contributed by atoms with Crippen LogP contribution >= 0.6 is 12.4 Å². The lowest BCUT2D eigenvalue weighted by Crippen LogP contribution is -2.16. The number of rotatable bonds is 4. The highest BCUT2D eigenvalue weighted by Crippen LogP contribution is 2.08. The van der Waals surface area contributed by atoms with Gasteiger partial charge in [0.2, 0.25) is 5.91 Å². The minimum Gasteiger partial charge on any atom is -0.366 e. The van der Waals surface area contributed by atoms with Crippen LogP contribution in [0.1, 0.15) is 26.7 Å². The lowest BCUT2D eigenvalue weighted by atomic mass is 10.1. The predicted molar refractivity (Wildman–Crippen MR) is 53.1 cm³/mol. The number of allylic oxidation sites excluding steroid dienone is 1. The highest BCUT2D eigenvalue weighted by molar-refractivity contribution is 5.92. The van der Waals surface area contributed by atoms with Crippen molar-refractivity contribution in [2.45, 2.75) is 26.7 Å². The van der Waals surface area contributed by atoms with E-state index in [0.29, 0.717) is 13.0 Å². The molecule has 0 bridgehead atoms. The molecule has 0 aliphatic heterocycles. The maximum absolute atomic E-state index is 10.8. The van der Waals surface area contributed by atoms with Gasteiger partial charge in [0.15, 0.2) is 0 Å². The van der Waals surface area contributed by atoms with Crippen LogP contribution in [-0.2, 0) is 4.79 Å². The molecule has 0 atom stereocenters. The van der Waals surface area contributed by atoms with Crippen molar-refractivity contribution in [3.8, 4) is 0 Å². The molecule has 0 heterocycles. The Morgan fingerprint density at radius 2 is 1.83 bits per heavy atom. The molecule has 4 heteroatoms. The second kappa shape index (κ2) is 7.13. The van der Waals surface area contributed by atoms with Gasteiger partial charge in [-0.3, -0.25) is 4.79 Å². The lowest BCUT2D eigenvalue weighted by molar-refractivity contribution is -0.114. The third kappa shape index (κ3) is 5.16. The number of amides is 1. The molecule has 0 aliphatic carbocycles. The van der Waals surface area contributed by atoms with Gasteiger partial charge < -0.3 is 11.5 Å². The summed E-state index contributed by atoms with van der Waals surface area (Å²) in [6.45, 7) is 4.37. The van der Waals surface area contributed by atoms with Crippen LogP contribution in [0.2, 0.25) is 0 Å². The Balaban J connectivity index is 0. The fourth-order valence-corrected chi connectivity index (χ4v) is 0.898. The monoisotopic (exact) mass is 192 g/mol. The van der Waals surface area contributed by atoms with E-state index in [0.717, 1.165) is 17.6 Å². The summed E-state index contributed by atoms with van der Waals surface area (Å²) in [5.74, 6) is -0.321. The van der Waals surface area contributed by atoms with Crippen molar-refractivity contribution in [2.75, 3.05) is 6.54 Å². The Morgan fingerprint density at radius 3 is 2.08 bits per heavy atom. The van der Waals surface area contributed by atoms with Crippen molar-refractivity contribution >= 4 is 18.3 Å². The number of halogens is 1. The Kier molecular flexibility index (Phi) is 8.32. The van der Waals surface area contributed by atoms with E-state index in [-0.39, 0.29) is 18.3 Å². The average molecular weight is 193 g/mol. The molecule has 0 aromatic carbocycles. The molecule has 0 rings (SSSR count). The maximum atomic E-state index is 10.8. The van der Waals surface area contributed by atoms with Crippen molar-refractivity contribution in [3.63, 3.8) is 0 Å². The molecule has 0 aromatic heterocycles. The van der Waals surface area contributed by atoms with E-state index < -0.39 is 0 Å². The zero-order valence-corrected chi connectivity index (χ0v) is 8.41. The number of hydrogen-bond acceptors (Lipinski definition) is 2. The summed E-state index contributed by atoms with van der Waals surface area (Å²) in [5.41, 5.74) is 12.2. The molecule has 12 heavy (non-hydrogen) atoms. The van der Waals surface area contributed by atoms with E-state index in [9.17, 15) is 4.79 Å². The highest BCUT2D eigenvalue weighted by atomic mass is 35.5. The van der Waals surface area contributed by atoms with E-state index in [1.165, 1.54) is 0 Å². The van der Waals surface area contributed by atoms with Gasteiger partial charge in [0, 0.05) is 5.57 Å². The van der Waals surface area contributed by atoms with Gasteiger partial charge in [-0.1, -0.05) is 5.57 Å². The first-order valence-electron chi connectivity index (χ1n) is 3.75. The Morgan fingerprint density at radius 1 is 1.33 bits per heavy atom. The van der Waals surface area contributed by atoms with Gasteiger partial charge in [-0.05, 0) is 33.2 Å². The summed E-state index contributed by atoms with van der Waals surface area (Å²) >= 11 is 0.